The first-order valence-corrected chi connectivity index (χ1v) is 4.15. The molecule has 2 N–H and O–H groups in total. The van der Waals surface area contributed by atoms with Crippen LogP contribution in [0.5, 0.6) is 5.75 Å². The normalized spacial score (nSPS) is 12.9. The molecule has 0 aliphatic rings. The Hall–Kier alpha value is -1.02. The number of benzene rings is 1. The second kappa shape index (κ2) is 3.59. The monoisotopic (exact) mass is 166 g/mol. The molecule has 1 aromatic rings. The van der Waals surface area contributed by atoms with Crippen molar-refractivity contribution in [3.63, 3.8) is 0 Å². The molecule has 1 atom stereocenters. The van der Waals surface area contributed by atoms with Gasteiger partial charge in [0.25, 0.3) is 0 Å². The smallest absolute Gasteiger partial charge is 0.118 e. The predicted octanol–water partition coefficient (Wildman–Crippen LogP) is 2.01. The Morgan fingerprint density at radius 1 is 1.42 bits per heavy atom. The Bertz CT molecular complexity index is 267. The molecular formula is C10H14O2. The molecule has 0 aliphatic heterocycles. The zero-order chi connectivity index (χ0) is 9.14. The molecule has 0 bridgehead atoms. The van der Waals surface area contributed by atoms with Crippen molar-refractivity contribution in [3.05, 3.63) is 29.3 Å². The second-order valence-electron chi connectivity index (χ2n) is 2.92. The average Bonchev–Trinajstić information content (AvgIpc) is 2.05. The van der Waals surface area contributed by atoms with Crippen LogP contribution in [0.2, 0.25) is 0 Å². The lowest BCUT2D eigenvalue weighted by Crippen LogP contribution is -1.92. The molecule has 0 radical (unpaired) electrons. The molecule has 0 saturated heterocycles. The number of rotatable bonds is 2. The van der Waals surface area contributed by atoms with E-state index < -0.39 is 6.10 Å². The number of aryl methyl sites for hydroxylation is 1. The van der Waals surface area contributed by atoms with Crippen molar-refractivity contribution in [1.82, 2.24) is 0 Å². The van der Waals surface area contributed by atoms with E-state index in [-0.39, 0.29) is 0 Å². The van der Waals surface area contributed by atoms with Gasteiger partial charge in [-0.05, 0) is 36.6 Å². The topological polar surface area (TPSA) is 40.5 Å². The molecule has 0 aromatic heterocycles. The van der Waals surface area contributed by atoms with Crippen molar-refractivity contribution >= 4 is 0 Å². The molecule has 1 rings (SSSR count). The van der Waals surface area contributed by atoms with Gasteiger partial charge in [-0.3, -0.25) is 0 Å². The first-order valence-electron chi connectivity index (χ1n) is 4.15. The third kappa shape index (κ3) is 1.77. The fourth-order valence-electron chi connectivity index (χ4n) is 1.15. The molecule has 1 aromatic carbocycles. The number of aliphatic hydroxyl groups excluding tert-OH is 1. The summed E-state index contributed by atoms with van der Waals surface area (Å²) in [4.78, 5) is 0. The molecule has 2 heteroatoms. The minimum atomic E-state index is -0.462. The zero-order valence-electron chi connectivity index (χ0n) is 7.41. The van der Waals surface area contributed by atoms with Crippen molar-refractivity contribution in [1.29, 1.82) is 0 Å². The van der Waals surface area contributed by atoms with Crippen LogP contribution >= 0.6 is 0 Å². The van der Waals surface area contributed by atoms with Crippen LogP contribution in [-0.4, -0.2) is 10.2 Å². The number of aliphatic hydroxyl groups is 1. The van der Waals surface area contributed by atoms with Crippen molar-refractivity contribution in [2.75, 3.05) is 0 Å². The molecule has 0 aliphatic carbocycles. The lowest BCUT2D eigenvalue weighted by atomic mass is 10.0. The van der Waals surface area contributed by atoms with Crippen LogP contribution < -0.4 is 0 Å². The van der Waals surface area contributed by atoms with E-state index in [9.17, 15) is 10.2 Å². The molecule has 66 valence electrons. The van der Waals surface area contributed by atoms with Gasteiger partial charge in [-0.25, -0.2) is 0 Å². The van der Waals surface area contributed by atoms with E-state index in [2.05, 4.69) is 0 Å². The second-order valence-corrected chi connectivity index (χ2v) is 2.92. The fraction of sp³-hybridized carbons (Fsp3) is 0.400. The standard InChI is InChI=1S/C10H14O2/c1-3-8-6-9(7(2)11)4-5-10(8)12/h4-7,11-12H,3H2,1-2H3. The van der Waals surface area contributed by atoms with Gasteiger partial charge in [0.2, 0.25) is 0 Å². The Labute approximate surface area is 72.5 Å². The average molecular weight is 166 g/mol. The summed E-state index contributed by atoms with van der Waals surface area (Å²) in [7, 11) is 0. The van der Waals surface area contributed by atoms with Crippen LogP contribution in [0.4, 0.5) is 0 Å². The number of aromatic hydroxyl groups is 1. The van der Waals surface area contributed by atoms with Gasteiger partial charge in [0.1, 0.15) is 5.75 Å². The largest absolute Gasteiger partial charge is 0.508 e. The summed E-state index contributed by atoms with van der Waals surface area (Å²) >= 11 is 0. The van der Waals surface area contributed by atoms with Gasteiger partial charge in [-0.2, -0.15) is 0 Å². The summed E-state index contributed by atoms with van der Waals surface area (Å²) in [5, 5.41) is 18.6. The molecule has 0 spiro atoms. The molecule has 0 fully saturated rings. The van der Waals surface area contributed by atoms with Gasteiger partial charge in [0.15, 0.2) is 0 Å². The van der Waals surface area contributed by atoms with Crippen molar-refractivity contribution in [3.8, 4) is 5.75 Å². The molecule has 1 unspecified atom stereocenters. The maximum absolute atomic E-state index is 9.34. The maximum Gasteiger partial charge on any atom is 0.118 e. The molecular weight excluding hydrogens is 152 g/mol. The van der Waals surface area contributed by atoms with Crippen LogP contribution in [0.1, 0.15) is 31.1 Å². The SMILES string of the molecule is CCc1cc(C(C)O)ccc1O. The summed E-state index contributed by atoms with van der Waals surface area (Å²) in [5.74, 6) is 0.307. The summed E-state index contributed by atoms with van der Waals surface area (Å²) in [6.07, 6.45) is 0.322. The quantitative estimate of drug-likeness (QED) is 0.705. The highest BCUT2D eigenvalue weighted by Crippen LogP contribution is 2.22. The minimum Gasteiger partial charge on any atom is -0.508 e. The highest BCUT2D eigenvalue weighted by atomic mass is 16.3. The lowest BCUT2D eigenvalue weighted by Gasteiger charge is -2.07. The van der Waals surface area contributed by atoms with E-state index in [4.69, 9.17) is 0 Å². The molecule has 12 heavy (non-hydrogen) atoms. The first-order chi connectivity index (χ1) is 5.65. The number of phenolic OH excluding ortho intramolecular Hbond substituents is 1. The summed E-state index contributed by atoms with van der Waals surface area (Å²) < 4.78 is 0. The molecule has 2 nitrogen and oxygen atoms in total. The zero-order valence-corrected chi connectivity index (χ0v) is 7.41. The van der Waals surface area contributed by atoms with E-state index in [1.165, 1.54) is 0 Å². The van der Waals surface area contributed by atoms with Crippen LogP contribution in [-0.2, 0) is 6.42 Å². The number of hydrogen-bond donors (Lipinski definition) is 2. The van der Waals surface area contributed by atoms with Gasteiger partial charge >= 0.3 is 0 Å². The highest BCUT2D eigenvalue weighted by Gasteiger charge is 2.04. The molecule has 0 amide bonds. The van der Waals surface area contributed by atoms with E-state index in [0.29, 0.717) is 5.75 Å². The Balaban J connectivity index is 3.05. The van der Waals surface area contributed by atoms with Gasteiger partial charge in [0, 0.05) is 0 Å². The number of phenols is 1. The Morgan fingerprint density at radius 2 is 2.08 bits per heavy atom. The molecule has 0 saturated carbocycles. The van der Waals surface area contributed by atoms with Crippen LogP contribution in [0.15, 0.2) is 18.2 Å². The third-order valence-electron chi connectivity index (χ3n) is 1.97. The highest BCUT2D eigenvalue weighted by molar-refractivity contribution is 5.36. The Kier molecular flexibility index (Phi) is 2.71. The van der Waals surface area contributed by atoms with Gasteiger partial charge < -0.3 is 10.2 Å². The summed E-state index contributed by atoms with van der Waals surface area (Å²) in [6, 6.07) is 5.19. The van der Waals surface area contributed by atoms with Gasteiger partial charge in [-0.15, -0.1) is 0 Å². The first kappa shape index (κ1) is 9.07. The fourth-order valence-corrected chi connectivity index (χ4v) is 1.15. The lowest BCUT2D eigenvalue weighted by molar-refractivity contribution is 0.199. The predicted molar refractivity (Wildman–Crippen MR) is 48.1 cm³/mol. The summed E-state index contributed by atoms with van der Waals surface area (Å²) in [5.41, 5.74) is 1.73. The van der Waals surface area contributed by atoms with E-state index >= 15 is 0 Å². The van der Waals surface area contributed by atoms with Gasteiger partial charge in [-0.1, -0.05) is 13.0 Å². The van der Waals surface area contributed by atoms with Crippen molar-refractivity contribution < 1.29 is 10.2 Å². The van der Waals surface area contributed by atoms with E-state index in [1.807, 2.05) is 13.0 Å². The van der Waals surface area contributed by atoms with Crippen LogP contribution in [0.25, 0.3) is 0 Å². The van der Waals surface area contributed by atoms with E-state index in [1.54, 1.807) is 19.1 Å². The van der Waals surface area contributed by atoms with E-state index in [0.717, 1.165) is 17.5 Å². The van der Waals surface area contributed by atoms with Crippen molar-refractivity contribution in [2.24, 2.45) is 0 Å². The number of hydrogen-bond acceptors (Lipinski definition) is 2. The minimum absolute atomic E-state index is 0.307. The molecule has 0 heterocycles. The van der Waals surface area contributed by atoms with Gasteiger partial charge in [0.05, 0.1) is 6.10 Å². The van der Waals surface area contributed by atoms with Crippen LogP contribution in [0, 0.1) is 0 Å². The third-order valence-corrected chi connectivity index (χ3v) is 1.97. The van der Waals surface area contributed by atoms with Crippen LogP contribution in [0.3, 0.4) is 0 Å². The maximum atomic E-state index is 9.34. The van der Waals surface area contributed by atoms with Crippen molar-refractivity contribution in [2.45, 2.75) is 26.4 Å². The summed E-state index contributed by atoms with van der Waals surface area (Å²) in [6.45, 7) is 3.69. The Morgan fingerprint density at radius 3 is 2.58 bits per heavy atom.